The summed E-state index contributed by atoms with van der Waals surface area (Å²) >= 11 is 0. The first-order chi connectivity index (χ1) is 11.0. The van der Waals surface area contributed by atoms with Crippen molar-refractivity contribution >= 4 is 16.9 Å². The Morgan fingerprint density at radius 1 is 1.30 bits per heavy atom. The van der Waals surface area contributed by atoms with Crippen LogP contribution in [0.1, 0.15) is 12.5 Å². The average molecular weight is 314 g/mol. The average Bonchev–Trinajstić information content (AvgIpc) is 3.04. The van der Waals surface area contributed by atoms with Crippen molar-refractivity contribution in [3.63, 3.8) is 0 Å². The second kappa shape index (κ2) is 5.64. The second-order valence-electron chi connectivity index (χ2n) is 5.16. The highest BCUT2D eigenvalue weighted by molar-refractivity contribution is 5.82. The summed E-state index contributed by atoms with van der Waals surface area (Å²) in [5.41, 5.74) is 0.824. The number of carboxylic acids is 1. The number of ether oxygens (including phenoxy) is 1. The fourth-order valence-electron chi connectivity index (χ4n) is 2.20. The minimum Gasteiger partial charge on any atom is -0.479 e. The predicted octanol–water partition coefficient (Wildman–Crippen LogP) is 3.21. The Balaban J connectivity index is 2.28. The van der Waals surface area contributed by atoms with E-state index in [4.69, 9.17) is 18.7 Å². The Morgan fingerprint density at radius 3 is 2.74 bits per heavy atom. The molecular formula is C17H14O6. The SMILES string of the molecule is Cc1ccc2oc(-c3ccco3)c(O[C@@H](C)C(=O)O)c(=O)c2c1. The molecule has 6 heteroatoms. The van der Waals surface area contributed by atoms with Crippen LogP contribution in [0, 0.1) is 6.92 Å². The monoisotopic (exact) mass is 314 g/mol. The molecule has 0 unspecified atom stereocenters. The molecule has 0 aliphatic heterocycles. The third-order valence-corrected chi connectivity index (χ3v) is 3.39. The van der Waals surface area contributed by atoms with Crippen molar-refractivity contribution < 1.29 is 23.5 Å². The van der Waals surface area contributed by atoms with E-state index < -0.39 is 17.5 Å². The number of hydrogen-bond donors (Lipinski definition) is 1. The fraction of sp³-hybridized carbons (Fsp3) is 0.176. The van der Waals surface area contributed by atoms with Crippen LogP contribution < -0.4 is 10.2 Å². The van der Waals surface area contributed by atoms with E-state index in [0.29, 0.717) is 11.0 Å². The number of benzene rings is 1. The highest BCUT2D eigenvalue weighted by Gasteiger charge is 2.23. The molecule has 0 bridgehead atoms. The van der Waals surface area contributed by atoms with Gasteiger partial charge in [-0.1, -0.05) is 11.6 Å². The summed E-state index contributed by atoms with van der Waals surface area (Å²) < 4.78 is 16.4. The Morgan fingerprint density at radius 2 is 2.09 bits per heavy atom. The minimum atomic E-state index is -1.20. The smallest absolute Gasteiger partial charge is 0.344 e. The van der Waals surface area contributed by atoms with Crippen LogP contribution in [0.5, 0.6) is 5.75 Å². The van der Waals surface area contributed by atoms with Gasteiger partial charge in [0.25, 0.3) is 0 Å². The van der Waals surface area contributed by atoms with E-state index in [9.17, 15) is 9.59 Å². The predicted molar refractivity (Wildman–Crippen MR) is 82.6 cm³/mol. The van der Waals surface area contributed by atoms with E-state index in [1.807, 2.05) is 13.0 Å². The van der Waals surface area contributed by atoms with Crippen molar-refractivity contribution in [2.45, 2.75) is 20.0 Å². The molecule has 0 radical (unpaired) electrons. The van der Waals surface area contributed by atoms with Crippen LogP contribution in [-0.4, -0.2) is 17.2 Å². The first-order valence-electron chi connectivity index (χ1n) is 6.98. The van der Waals surface area contributed by atoms with Gasteiger partial charge in [0.2, 0.25) is 16.9 Å². The molecule has 0 fully saturated rings. The lowest BCUT2D eigenvalue weighted by atomic mass is 10.1. The first-order valence-corrected chi connectivity index (χ1v) is 6.98. The molecule has 1 atom stereocenters. The van der Waals surface area contributed by atoms with E-state index >= 15 is 0 Å². The van der Waals surface area contributed by atoms with Crippen LogP contribution in [0.2, 0.25) is 0 Å². The summed E-state index contributed by atoms with van der Waals surface area (Å²) in [6, 6.07) is 8.42. The summed E-state index contributed by atoms with van der Waals surface area (Å²) in [6.07, 6.45) is 0.230. The molecule has 0 aliphatic carbocycles. The minimum absolute atomic E-state index is 0.0736. The quantitative estimate of drug-likeness (QED) is 0.795. The lowest BCUT2D eigenvalue weighted by Crippen LogP contribution is -2.26. The number of carbonyl (C=O) groups is 1. The Kier molecular flexibility index (Phi) is 3.65. The van der Waals surface area contributed by atoms with Gasteiger partial charge in [0.05, 0.1) is 11.6 Å². The largest absolute Gasteiger partial charge is 0.479 e. The molecule has 0 saturated heterocycles. The van der Waals surface area contributed by atoms with Gasteiger partial charge in [-0.15, -0.1) is 0 Å². The molecule has 3 rings (SSSR count). The number of rotatable bonds is 4. The Bertz CT molecular complexity index is 920. The van der Waals surface area contributed by atoms with E-state index in [2.05, 4.69) is 0 Å². The summed E-state index contributed by atoms with van der Waals surface area (Å²) in [7, 11) is 0. The van der Waals surface area contributed by atoms with Gasteiger partial charge in [-0.3, -0.25) is 4.79 Å². The summed E-state index contributed by atoms with van der Waals surface area (Å²) in [5.74, 6) is -0.992. The van der Waals surface area contributed by atoms with E-state index in [1.54, 1.807) is 24.3 Å². The van der Waals surface area contributed by atoms with Crippen molar-refractivity contribution in [2.75, 3.05) is 0 Å². The van der Waals surface area contributed by atoms with Crippen molar-refractivity contribution in [1.82, 2.24) is 0 Å². The zero-order valence-corrected chi connectivity index (χ0v) is 12.5. The third-order valence-electron chi connectivity index (χ3n) is 3.39. The summed E-state index contributed by atoms with van der Waals surface area (Å²) in [6.45, 7) is 3.19. The molecule has 23 heavy (non-hydrogen) atoms. The summed E-state index contributed by atoms with van der Waals surface area (Å²) in [5, 5.41) is 9.36. The van der Waals surface area contributed by atoms with Crippen molar-refractivity contribution in [3.05, 3.63) is 52.4 Å². The number of carboxylic acid groups (broad SMARTS) is 1. The van der Waals surface area contributed by atoms with E-state index in [1.165, 1.54) is 13.2 Å². The maximum Gasteiger partial charge on any atom is 0.344 e. The Labute approximate surface area is 130 Å². The van der Waals surface area contributed by atoms with Gasteiger partial charge in [0.1, 0.15) is 5.58 Å². The molecule has 118 valence electrons. The molecule has 0 amide bonds. The first kappa shape index (κ1) is 14.9. The number of furan rings is 1. The van der Waals surface area contributed by atoms with Crippen LogP contribution in [0.25, 0.3) is 22.5 Å². The molecule has 2 aromatic heterocycles. The van der Waals surface area contributed by atoms with Gasteiger partial charge < -0.3 is 18.7 Å². The molecule has 1 N–H and O–H groups in total. The Hall–Kier alpha value is -3.02. The normalized spacial score (nSPS) is 12.3. The lowest BCUT2D eigenvalue weighted by molar-refractivity contribution is -0.144. The van der Waals surface area contributed by atoms with Crippen molar-refractivity contribution in [1.29, 1.82) is 0 Å². The van der Waals surface area contributed by atoms with Gasteiger partial charge in [-0.05, 0) is 38.1 Å². The van der Waals surface area contributed by atoms with E-state index in [-0.39, 0.29) is 17.3 Å². The molecule has 6 nitrogen and oxygen atoms in total. The molecule has 0 aliphatic rings. The molecule has 3 aromatic rings. The second-order valence-corrected chi connectivity index (χ2v) is 5.16. The third kappa shape index (κ3) is 2.70. The van der Waals surface area contributed by atoms with Crippen LogP contribution in [0.3, 0.4) is 0 Å². The van der Waals surface area contributed by atoms with Crippen molar-refractivity contribution in [3.8, 4) is 17.3 Å². The maximum atomic E-state index is 12.7. The van der Waals surface area contributed by atoms with Gasteiger partial charge in [0.15, 0.2) is 11.9 Å². The van der Waals surface area contributed by atoms with Crippen LogP contribution in [-0.2, 0) is 4.79 Å². The zero-order chi connectivity index (χ0) is 16.6. The van der Waals surface area contributed by atoms with E-state index in [0.717, 1.165) is 5.56 Å². The molecular weight excluding hydrogens is 300 g/mol. The van der Waals surface area contributed by atoms with Crippen LogP contribution >= 0.6 is 0 Å². The lowest BCUT2D eigenvalue weighted by Gasteiger charge is -2.13. The number of aliphatic carboxylic acids is 1. The van der Waals surface area contributed by atoms with Crippen LogP contribution in [0.4, 0.5) is 0 Å². The highest BCUT2D eigenvalue weighted by Crippen LogP contribution is 2.32. The fourth-order valence-corrected chi connectivity index (χ4v) is 2.20. The topological polar surface area (TPSA) is 89.9 Å². The highest BCUT2D eigenvalue weighted by atomic mass is 16.5. The molecule has 1 aromatic carbocycles. The van der Waals surface area contributed by atoms with Gasteiger partial charge in [0, 0.05) is 0 Å². The zero-order valence-electron chi connectivity index (χ0n) is 12.5. The number of hydrogen-bond acceptors (Lipinski definition) is 5. The van der Waals surface area contributed by atoms with Crippen molar-refractivity contribution in [2.24, 2.45) is 0 Å². The number of aryl methyl sites for hydroxylation is 1. The van der Waals surface area contributed by atoms with Crippen LogP contribution in [0.15, 0.2) is 50.2 Å². The maximum absolute atomic E-state index is 12.7. The summed E-state index contributed by atoms with van der Waals surface area (Å²) in [4.78, 5) is 23.8. The standard InChI is InChI=1S/C17H14O6/c1-9-5-6-12-11(8-9)14(18)16(22-10(2)17(19)20)15(23-12)13-4-3-7-21-13/h3-8,10H,1-2H3,(H,19,20)/t10-/m0/s1. The number of fused-ring (bicyclic) bond motifs is 1. The molecule has 2 heterocycles. The van der Waals surface area contributed by atoms with Gasteiger partial charge >= 0.3 is 5.97 Å². The molecule has 0 spiro atoms. The van der Waals surface area contributed by atoms with Gasteiger partial charge in [-0.25, -0.2) is 4.79 Å². The molecule has 0 saturated carbocycles. The van der Waals surface area contributed by atoms with Gasteiger partial charge in [-0.2, -0.15) is 0 Å².